The van der Waals surface area contributed by atoms with E-state index in [1.807, 2.05) is 129 Å². The van der Waals surface area contributed by atoms with Gasteiger partial charge < -0.3 is 34.6 Å². The van der Waals surface area contributed by atoms with Crippen LogP contribution in [0.3, 0.4) is 0 Å². The topological polar surface area (TPSA) is 163 Å². The van der Waals surface area contributed by atoms with Crippen LogP contribution in [0.5, 0.6) is 11.8 Å². The van der Waals surface area contributed by atoms with Gasteiger partial charge in [-0.1, -0.05) is 84.9 Å². The van der Waals surface area contributed by atoms with Crippen molar-refractivity contribution in [1.82, 2.24) is 9.97 Å². The van der Waals surface area contributed by atoms with Crippen molar-refractivity contribution in [2.24, 2.45) is 0 Å². The van der Waals surface area contributed by atoms with Gasteiger partial charge in [-0.3, -0.25) is 4.79 Å². The molecule has 317 valence electrons. The average molecular weight is 866 g/mol. The molecule has 2 aliphatic heterocycles. The minimum atomic E-state index is -1.44. The van der Waals surface area contributed by atoms with Gasteiger partial charge in [0, 0.05) is 73.0 Å². The fraction of sp³-hybridized carbons (Fsp3) is 0.271. The molecular formula is C48H50MnN4O8. The average Bonchev–Trinajstić information content (AvgIpc) is 3.98. The number of aryl methyl sites for hydroxylation is 2. The molecular weight excluding hydrogens is 815 g/mol. The molecule has 3 atom stereocenters. The van der Waals surface area contributed by atoms with Crippen molar-refractivity contribution in [3.8, 4) is 34.0 Å². The molecule has 0 radical (unpaired) electrons. The van der Waals surface area contributed by atoms with E-state index in [-0.39, 0.29) is 24.6 Å². The number of carbonyl (C=O) groups excluding carboxylic acids is 1. The number of hydrogen-bond donors (Lipinski definition) is 3. The predicted molar refractivity (Wildman–Crippen MR) is 229 cm³/mol. The summed E-state index contributed by atoms with van der Waals surface area (Å²) in [5.74, 6) is 0.980. The van der Waals surface area contributed by atoms with Gasteiger partial charge in [0.25, 0.3) is 0 Å². The van der Waals surface area contributed by atoms with Crippen LogP contribution in [0.1, 0.15) is 46.0 Å². The van der Waals surface area contributed by atoms with E-state index in [0.29, 0.717) is 30.4 Å². The Balaban J connectivity index is 0.000000192. The zero-order chi connectivity index (χ0) is 43.1. The van der Waals surface area contributed by atoms with Crippen LogP contribution in [0.2, 0.25) is 0 Å². The first-order valence-corrected chi connectivity index (χ1v) is 21.1. The van der Waals surface area contributed by atoms with Crippen LogP contribution >= 0.6 is 0 Å². The van der Waals surface area contributed by atoms with Crippen LogP contribution in [-0.2, 0) is 22.5 Å². The van der Waals surface area contributed by atoms with Crippen LogP contribution in [0, 0.1) is 13.8 Å². The van der Waals surface area contributed by atoms with E-state index in [9.17, 15) is 20.1 Å². The number of pyridine rings is 2. The second-order valence-electron chi connectivity index (χ2n) is 14.9. The van der Waals surface area contributed by atoms with E-state index in [1.165, 1.54) is 0 Å². The summed E-state index contributed by atoms with van der Waals surface area (Å²) in [7, 11) is 0. The Bertz CT molecular complexity index is 2360. The maximum atomic E-state index is 12.5. The van der Waals surface area contributed by atoms with Gasteiger partial charge in [0.2, 0.25) is 11.8 Å². The van der Waals surface area contributed by atoms with Gasteiger partial charge in [0.15, 0.2) is 5.78 Å². The maximum absolute atomic E-state index is 12.5. The van der Waals surface area contributed by atoms with Crippen LogP contribution in [0.4, 0.5) is 11.4 Å². The van der Waals surface area contributed by atoms with Crippen molar-refractivity contribution in [1.29, 1.82) is 0 Å². The molecule has 2 aliphatic rings. The summed E-state index contributed by atoms with van der Waals surface area (Å²) < 4.78 is 28.9. The zero-order valence-electron chi connectivity index (χ0n) is 34.1. The summed E-state index contributed by atoms with van der Waals surface area (Å²) in [4.78, 5) is 25.5. The van der Waals surface area contributed by atoms with Crippen molar-refractivity contribution in [3.63, 3.8) is 0 Å². The molecule has 6 aromatic rings. The monoisotopic (exact) mass is 865 g/mol. The molecule has 2 fully saturated rings. The van der Waals surface area contributed by atoms with E-state index in [2.05, 4.69) is 25.8 Å². The number of nitrogens with zero attached hydrogens (tertiary/aromatic N) is 4. The van der Waals surface area contributed by atoms with Gasteiger partial charge in [-0.05, 0) is 71.5 Å². The molecule has 2 saturated heterocycles. The first-order valence-electron chi connectivity index (χ1n) is 20.1. The zero-order valence-corrected chi connectivity index (χ0v) is 35.3. The summed E-state index contributed by atoms with van der Waals surface area (Å²) in [5, 5.41) is 29.5. The number of carbonyl (C=O) groups is 1. The molecule has 0 bridgehead atoms. The molecule has 0 spiro atoms. The molecule has 4 heterocycles. The number of ketones is 1. The number of benzene rings is 4. The number of ether oxygens (including phenoxy) is 2. The molecule has 1 unspecified atom stereocenters. The molecule has 12 nitrogen and oxygen atoms in total. The van der Waals surface area contributed by atoms with Gasteiger partial charge in [-0.15, -0.1) is 0 Å². The summed E-state index contributed by atoms with van der Waals surface area (Å²) in [6.45, 7) is 6.17. The van der Waals surface area contributed by atoms with Crippen molar-refractivity contribution in [2.75, 3.05) is 49.2 Å². The van der Waals surface area contributed by atoms with E-state index in [1.54, 1.807) is 12.4 Å². The van der Waals surface area contributed by atoms with Crippen molar-refractivity contribution < 1.29 is 52.1 Å². The summed E-state index contributed by atoms with van der Waals surface area (Å²) >= 11 is -1.44. The number of aliphatic hydroxyl groups is 3. The summed E-state index contributed by atoms with van der Waals surface area (Å²) in [6.07, 6.45) is 4.46. The second-order valence-corrected chi connectivity index (χ2v) is 15.1. The summed E-state index contributed by atoms with van der Waals surface area (Å²) in [5.41, 5.74) is 9.36. The van der Waals surface area contributed by atoms with E-state index in [4.69, 9.17) is 17.1 Å². The van der Waals surface area contributed by atoms with Crippen molar-refractivity contribution in [2.45, 2.75) is 45.0 Å². The van der Waals surface area contributed by atoms with Crippen LogP contribution in [0.25, 0.3) is 22.3 Å². The normalized spacial score (nSPS) is 16.1. The first-order chi connectivity index (χ1) is 29.7. The van der Waals surface area contributed by atoms with Crippen LogP contribution in [-0.4, -0.2) is 82.7 Å². The molecule has 13 heteroatoms. The number of aromatic nitrogens is 2. The Hall–Kier alpha value is -5.95. The Kier molecular flexibility index (Phi) is 16.1. The van der Waals surface area contributed by atoms with E-state index < -0.39 is 27.5 Å². The molecule has 0 aliphatic carbocycles. The van der Waals surface area contributed by atoms with Crippen LogP contribution in [0.15, 0.2) is 134 Å². The SMILES string of the molecule is Cc1ccc(O[C@H]2CCN(c3ccc(-c4ccccc4)cc3C(=O)CO)C2)nc1.Cc1ccc(O[C@H]2CCN(c3ccc(-c4ccccc4)cc3C(O)CO)C2)nc1.[O]=[Mn]=[O]. The standard InChI is InChI=1S/C24H26N2O3.C24H24N2O3.Mn.2O/c2*1-17-7-10-24(25-14-17)29-20-11-12-26(15-20)22-9-8-19(13-21(22)23(28)16-27)18-5-3-2-4-6-18;;;/h2-10,13-14,20,23,27-28H,11-12,15-16H2,1H3;2-10,13-14,20,27H,11-12,15-16H2,1H3;;;/t20-,23?;20-;;;/m00.../s1. The van der Waals surface area contributed by atoms with Crippen molar-refractivity contribution in [3.05, 3.63) is 156 Å². The molecule has 61 heavy (non-hydrogen) atoms. The fourth-order valence-corrected chi connectivity index (χ4v) is 7.42. The molecule has 3 N–H and O–H groups in total. The molecule has 0 saturated carbocycles. The number of hydrogen-bond acceptors (Lipinski definition) is 12. The number of aliphatic hydroxyl groups excluding tert-OH is 3. The molecule has 4 aromatic carbocycles. The quantitative estimate of drug-likeness (QED) is 0.0828. The van der Waals surface area contributed by atoms with E-state index in [0.717, 1.165) is 76.3 Å². The Morgan fingerprint density at radius 2 is 1.15 bits per heavy atom. The Labute approximate surface area is 362 Å². The van der Waals surface area contributed by atoms with E-state index >= 15 is 0 Å². The molecule has 0 amide bonds. The fourth-order valence-electron chi connectivity index (χ4n) is 7.42. The number of rotatable bonds is 12. The van der Waals surface area contributed by atoms with Crippen molar-refractivity contribution >= 4 is 17.2 Å². The number of anilines is 2. The minimum absolute atomic E-state index is 0.0103. The van der Waals surface area contributed by atoms with Gasteiger partial charge in [0.05, 0.1) is 19.7 Å². The van der Waals surface area contributed by atoms with Gasteiger partial charge >= 0.3 is 22.5 Å². The number of Topliss-reactive ketones (excluding diaryl/α,β-unsaturated/α-hetero) is 1. The molecule has 8 rings (SSSR count). The third-order valence-electron chi connectivity index (χ3n) is 10.5. The predicted octanol–water partition coefficient (Wildman–Crippen LogP) is 7.39. The van der Waals surface area contributed by atoms with Gasteiger partial charge in [0.1, 0.15) is 24.9 Å². The first kappa shape index (κ1) is 44.6. The van der Waals surface area contributed by atoms with Crippen LogP contribution < -0.4 is 19.3 Å². The molecule has 2 aromatic heterocycles. The third-order valence-corrected chi connectivity index (χ3v) is 10.5. The second kappa shape index (κ2) is 22.1. The summed E-state index contributed by atoms with van der Waals surface area (Å²) in [6, 6.07) is 39.7. The Morgan fingerprint density at radius 1 is 0.672 bits per heavy atom. The third kappa shape index (κ3) is 12.1. The van der Waals surface area contributed by atoms with Gasteiger partial charge in [-0.2, -0.15) is 0 Å². The van der Waals surface area contributed by atoms with Gasteiger partial charge in [-0.25, -0.2) is 9.97 Å². The Morgan fingerprint density at radius 3 is 1.61 bits per heavy atom.